The first-order chi connectivity index (χ1) is 15.4. The van der Waals surface area contributed by atoms with Gasteiger partial charge < -0.3 is 14.2 Å². The summed E-state index contributed by atoms with van der Waals surface area (Å²) in [6, 6.07) is 9.64. The van der Waals surface area contributed by atoms with Crippen LogP contribution >= 0.6 is 23.8 Å². The molecule has 2 heterocycles. The summed E-state index contributed by atoms with van der Waals surface area (Å²) < 4.78 is 20.4. The van der Waals surface area contributed by atoms with Crippen molar-refractivity contribution in [3.63, 3.8) is 0 Å². The maximum atomic E-state index is 11.1. The third kappa shape index (κ3) is 4.34. The maximum absolute atomic E-state index is 11.1. The van der Waals surface area contributed by atoms with Crippen LogP contribution in [0.1, 0.15) is 12.8 Å². The summed E-state index contributed by atoms with van der Waals surface area (Å²) in [6.45, 7) is 1.22. The number of nitro groups is 1. The molecule has 0 aliphatic carbocycles. The number of nitrogens with zero attached hydrogens (tertiary/aromatic N) is 4. The molecule has 4 rings (SSSR count). The summed E-state index contributed by atoms with van der Waals surface area (Å²) in [7, 11) is 3.15. The zero-order chi connectivity index (χ0) is 22.8. The van der Waals surface area contributed by atoms with Crippen LogP contribution in [0.25, 0.3) is 17.1 Å². The smallest absolute Gasteiger partial charge is 0.271 e. The highest BCUT2D eigenvalue weighted by molar-refractivity contribution is 7.71. The molecule has 0 amide bonds. The first-order valence-electron chi connectivity index (χ1n) is 9.90. The summed E-state index contributed by atoms with van der Waals surface area (Å²) in [5.74, 6) is 1.80. The van der Waals surface area contributed by atoms with Crippen molar-refractivity contribution in [1.29, 1.82) is 0 Å². The Kier molecular flexibility index (Phi) is 6.45. The lowest BCUT2D eigenvalue weighted by Crippen LogP contribution is -2.16. The van der Waals surface area contributed by atoms with Gasteiger partial charge in [0.1, 0.15) is 11.5 Å². The van der Waals surface area contributed by atoms with Gasteiger partial charge in [-0.15, -0.1) is 5.10 Å². The fourth-order valence-corrected chi connectivity index (χ4v) is 4.20. The quantitative estimate of drug-likeness (QED) is 0.274. The highest BCUT2D eigenvalue weighted by Gasteiger charge is 2.23. The lowest BCUT2D eigenvalue weighted by Gasteiger charge is -2.13. The lowest BCUT2D eigenvalue weighted by atomic mass is 10.1. The second-order valence-electron chi connectivity index (χ2n) is 7.26. The van der Waals surface area contributed by atoms with Gasteiger partial charge in [-0.1, -0.05) is 11.6 Å². The van der Waals surface area contributed by atoms with Gasteiger partial charge in [-0.3, -0.25) is 14.7 Å². The Bertz CT molecular complexity index is 1200. The molecule has 0 N–H and O–H groups in total. The van der Waals surface area contributed by atoms with Gasteiger partial charge in [0.05, 0.1) is 42.5 Å². The van der Waals surface area contributed by atoms with E-state index in [9.17, 15) is 10.1 Å². The van der Waals surface area contributed by atoms with E-state index in [4.69, 9.17) is 43.1 Å². The Morgan fingerprint density at radius 3 is 2.53 bits per heavy atom. The molecule has 2 aromatic carbocycles. The van der Waals surface area contributed by atoms with Crippen molar-refractivity contribution < 1.29 is 19.1 Å². The Morgan fingerprint density at radius 1 is 1.25 bits per heavy atom. The van der Waals surface area contributed by atoms with Crippen molar-refractivity contribution in [1.82, 2.24) is 14.3 Å². The van der Waals surface area contributed by atoms with Crippen molar-refractivity contribution in [3.8, 4) is 28.6 Å². The molecule has 0 radical (unpaired) electrons. The number of rotatable bonds is 7. The van der Waals surface area contributed by atoms with Gasteiger partial charge in [0.2, 0.25) is 4.77 Å². The van der Waals surface area contributed by atoms with Crippen molar-refractivity contribution in [3.05, 3.63) is 56.3 Å². The molecule has 1 aliphatic rings. The summed E-state index contributed by atoms with van der Waals surface area (Å²) in [5.41, 5.74) is 1.08. The number of methoxy groups -OCH3 is 2. The average molecular weight is 477 g/mol. The number of hydrogen-bond acceptors (Lipinski definition) is 7. The Balaban J connectivity index is 1.88. The second-order valence-corrected chi connectivity index (χ2v) is 8.03. The number of ether oxygens (including phenoxy) is 3. The van der Waals surface area contributed by atoms with Gasteiger partial charge in [-0.25, -0.2) is 4.68 Å². The Labute approximate surface area is 194 Å². The Morgan fingerprint density at radius 2 is 1.97 bits per heavy atom. The van der Waals surface area contributed by atoms with Crippen LogP contribution in [0.4, 0.5) is 5.69 Å². The fraction of sp³-hybridized carbons (Fsp3) is 0.333. The summed E-state index contributed by atoms with van der Waals surface area (Å²) in [5, 5.41) is 16.0. The van der Waals surface area contributed by atoms with Crippen LogP contribution in [-0.4, -0.2) is 46.2 Å². The molecule has 11 heteroatoms. The third-order valence-electron chi connectivity index (χ3n) is 5.25. The van der Waals surface area contributed by atoms with Crippen LogP contribution in [0.5, 0.6) is 11.5 Å². The van der Waals surface area contributed by atoms with E-state index in [1.54, 1.807) is 20.3 Å². The largest absolute Gasteiger partial charge is 0.497 e. The monoisotopic (exact) mass is 476 g/mol. The van der Waals surface area contributed by atoms with E-state index in [1.165, 1.54) is 22.9 Å². The van der Waals surface area contributed by atoms with Crippen LogP contribution in [0, 0.1) is 14.9 Å². The van der Waals surface area contributed by atoms with Gasteiger partial charge in [-0.05, 0) is 43.3 Å². The minimum absolute atomic E-state index is 0.0120. The van der Waals surface area contributed by atoms with E-state index >= 15 is 0 Å². The first kappa shape index (κ1) is 22.3. The zero-order valence-corrected chi connectivity index (χ0v) is 19.1. The number of nitro benzene ring substituents is 1. The summed E-state index contributed by atoms with van der Waals surface area (Å²) >= 11 is 12.1. The standard InChI is InChI=1S/C21H21ClN4O5S/c1-29-16-8-13(9-17(11-16)30-2)20-23-25(19-6-5-14(26(27)28)10-18(19)22)21(32)24(20)12-15-4-3-7-31-15/h5-6,8-11,15H,3-4,7,12H2,1-2H3. The molecule has 1 aromatic heterocycles. The number of aromatic nitrogens is 3. The molecule has 1 saturated heterocycles. The van der Waals surface area contributed by atoms with E-state index in [0.717, 1.165) is 18.4 Å². The number of benzene rings is 2. The third-order valence-corrected chi connectivity index (χ3v) is 5.95. The number of non-ortho nitro benzene ring substituents is 1. The van der Waals surface area contributed by atoms with Crippen LogP contribution in [0.15, 0.2) is 36.4 Å². The number of halogens is 1. The Hall–Kier alpha value is -2.95. The van der Waals surface area contributed by atoms with E-state index in [-0.39, 0.29) is 16.8 Å². The fourth-order valence-electron chi connectivity index (χ4n) is 3.64. The normalized spacial score (nSPS) is 15.7. The first-order valence-corrected chi connectivity index (χ1v) is 10.7. The predicted molar refractivity (Wildman–Crippen MR) is 122 cm³/mol. The van der Waals surface area contributed by atoms with Crippen molar-refractivity contribution >= 4 is 29.5 Å². The van der Waals surface area contributed by atoms with Crippen molar-refractivity contribution in [2.45, 2.75) is 25.5 Å². The zero-order valence-electron chi connectivity index (χ0n) is 17.5. The van der Waals surface area contributed by atoms with E-state index < -0.39 is 4.92 Å². The van der Waals surface area contributed by atoms with Crippen LogP contribution in [0.3, 0.4) is 0 Å². The maximum Gasteiger partial charge on any atom is 0.271 e. The molecule has 0 saturated carbocycles. The van der Waals surface area contributed by atoms with E-state index in [2.05, 4.69) is 0 Å². The SMILES string of the molecule is COc1cc(OC)cc(-c2nn(-c3ccc([N+](=O)[O-])cc3Cl)c(=S)n2CC2CCCO2)c1. The highest BCUT2D eigenvalue weighted by atomic mass is 35.5. The molecule has 168 valence electrons. The number of hydrogen-bond donors (Lipinski definition) is 0. The molecular weight excluding hydrogens is 456 g/mol. The van der Waals surface area contributed by atoms with Crippen LogP contribution in [0.2, 0.25) is 5.02 Å². The molecule has 9 nitrogen and oxygen atoms in total. The van der Waals surface area contributed by atoms with Gasteiger partial charge >= 0.3 is 0 Å². The molecule has 1 unspecified atom stereocenters. The molecule has 3 aromatic rings. The minimum Gasteiger partial charge on any atom is -0.497 e. The van der Waals surface area contributed by atoms with Gasteiger partial charge in [0.15, 0.2) is 5.82 Å². The second kappa shape index (κ2) is 9.27. The molecule has 1 atom stereocenters. The lowest BCUT2D eigenvalue weighted by molar-refractivity contribution is -0.384. The average Bonchev–Trinajstić information content (AvgIpc) is 3.42. The molecule has 1 fully saturated rings. The van der Waals surface area contributed by atoms with Gasteiger partial charge in [-0.2, -0.15) is 0 Å². The minimum atomic E-state index is -0.501. The van der Waals surface area contributed by atoms with E-state index in [0.29, 0.717) is 40.9 Å². The van der Waals surface area contributed by atoms with Gasteiger partial charge in [0, 0.05) is 30.4 Å². The predicted octanol–water partition coefficient (Wildman–Crippen LogP) is 4.83. The molecule has 0 bridgehead atoms. The van der Waals surface area contributed by atoms with Gasteiger partial charge in [0.25, 0.3) is 5.69 Å². The van der Waals surface area contributed by atoms with Crippen molar-refractivity contribution in [2.24, 2.45) is 0 Å². The molecule has 32 heavy (non-hydrogen) atoms. The summed E-state index contributed by atoms with van der Waals surface area (Å²) in [4.78, 5) is 10.6. The summed E-state index contributed by atoms with van der Waals surface area (Å²) in [6.07, 6.45) is 1.92. The molecule has 1 aliphatic heterocycles. The molecular formula is C21H21ClN4O5S. The van der Waals surface area contributed by atoms with Crippen LogP contribution in [-0.2, 0) is 11.3 Å². The highest BCUT2D eigenvalue weighted by Crippen LogP contribution is 2.32. The van der Waals surface area contributed by atoms with E-state index in [1.807, 2.05) is 16.7 Å². The van der Waals surface area contributed by atoms with Crippen molar-refractivity contribution in [2.75, 3.05) is 20.8 Å². The molecule has 0 spiro atoms. The topological polar surface area (TPSA) is 93.6 Å². The van der Waals surface area contributed by atoms with Crippen LogP contribution < -0.4 is 9.47 Å².